The van der Waals surface area contributed by atoms with Crippen molar-refractivity contribution >= 4 is 25.5 Å². The summed E-state index contributed by atoms with van der Waals surface area (Å²) in [6.45, 7) is 13.6. The SMILES string of the molecule is COC(=O)c1cccc(CC(C)(C)NC[C@H](c2ccc(OCc3ccccc3)c(CO)c2)C(C)(C)C(O[Si]C)O[Si]C)c1. The van der Waals surface area contributed by atoms with Crippen molar-refractivity contribution in [1.82, 2.24) is 5.32 Å². The molecule has 3 aromatic rings. The van der Waals surface area contributed by atoms with E-state index < -0.39 is 11.7 Å². The number of ether oxygens (including phenoxy) is 2. The van der Waals surface area contributed by atoms with Gasteiger partial charge in [0.1, 0.15) is 18.6 Å². The highest BCUT2D eigenvalue weighted by Crippen LogP contribution is 2.41. The maximum atomic E-state index is 12.1. The van der Waals surface area contributed by atoms with E-state index in [0.29, 0.717) is 30.9 Å². The average Bonchev–Trinajstić information content (AvgIpc) is 3.00. The molecular weight excluding hydrogens is 575 g/mol. The van der Waals surface area contributed by atoms with Gasteiger partial charge in [0.25, 0.3) is 0 Å². The summed E-state index contributed by atoms with van der Waals surface area (Å²) in [7, 11) is 1.96. The standard InChI is InChI=1S/C34H45NO6Si2/c1-33(2,20-25-14-11-15-27(18-25)31(37)38-5)35-21-29(34(3,4)32(40-42-6)41-43-7)26-16-17-30(28(19-26)22-36)39-23-24-12-9-8-10-13-24/h8-19,29,32,35-36H,20-23H2,1-7H3/t29-/m1/s1. The molecule has 0 aromatic heterocycles. The Morgan fingerprint density at radius 3 is 2.21 bits per heavy atom. The summed E-state index contributed by atoms with van der Waals surface area (Å²) in [5, 5.41) is 14.1. The molecule has 1 atom stereocenters. The first-order valence-corrected chi connectivity index (χ1v) is 17.3. The van der Waals surface area contributed by atoms with E-state index in [1.807, 2.05) is 73.8 Å². The third-order valence-electron chi connectivity index (χ3n) is 7.63. The molecule has 0 aliphatic carbocycles. The number of rotatable bonds is 17. The van der Waals surface area contributed by atoms with Gasteiger partial charge in [0.2, 0.25) is 19.5 Å². The zero-order valence-corrected chi connectivity index (χ0v) is 28.4. The van der Waals surface area contributed by atoms with Crippen LogP contribution < -0.4 is 10.1 Å². The van der Waals surface area contributed by atoms with Gasteiger partial charge in [0, 0.05) is 29.0 Å². The fourth-order valence-electron chi connectivity index (χ4n) is 5.21. The number of nitrogens with one attached hydrogen (secondary N) is 1. The van der Waals surface area contributed by atoms with Crippen LogP contribution in [0.15, 0.2) is 72.8 Å². The maximum absolute atomic E-state index is 12.1. The molecule has 0 bridgehead atoms. The largest absolute Gasteiger partial charge is 0.489 e. The number of carbonyl (C=O) groups is 1. The van der Waals surface area contributed by atoms with Crippen LogP contribution in [0.1, 0.15) is 66.2 Å². The van der Waals surface area contributed by atoms with Gasteiger partial charge in [-0.1, -0.05) is 62.4 Å². The van der Waals surface area contributed by atoms with E-state index in [4.69, 9.17) is 18.3 Å². The van der Waals surface area contributed by atoms with Gasteiger partial charge in [-0.25, -0.2) is 4.79 Å². The number of hydrogen-bond acceptors (Lipinski definition) is 7. The van der Waals surface area contributed by atoms with Crippen LogP contribution in [0.3, 0.4) is 0 Å². The fraction of sp³-hybridized carbons (Fsp3) is 0.441. The molecule has 0 spiro atoms. The van der Waals surface area contributed by atoms with Crippen LogP contribution in [0.25, 0.3) is 0 Å². The molecule has 3 aromatic carbocycles. The molecule has 2 N–H and O–H groups in total. The van der Waals surface area contributed by atoms with Crippen LogP contribution in [0, 0.1) is 5.41 Å². The second kappa shape index (κ2) is 16.3. The van der Waals surface area contributed by atoms with Gasteiger partial charge in [0.15, 0.2) is 0 Å². The van der Waals surface area contributed by atoms with E-state index >= 15 is 0 Å². The molecule has 0 heterocycles. The topological polar surface area (TPSA) is 86.3 Å². The molecule has 0 amide bonds. The Morgan fingerprint density at radius 1 is 0.907 bits per heavy atom. The lowest BCUT2D eigenvalue weighted by molar-refractivity contribution is -0.0908. The zero-order chi connectivity index (χ0) is 31.5. The van der Waals surface area contributed by atoms with Crippen LogP contribution in [-0.2, 0) is 33.2 Å². The van der Waals surface area contributed by atoms with Gasteiger partial charge in [-0.2, -0.15) is 0 Å². The molecule has 0 saturated carbocycles. The number of methoxy groups -OCH3 is 1. The van der Waals surface area contributed by atoms with Crippen LogP contribution in [0.5, 0.6) is 5.75 Å². The van der Waals surface area contributed by atoms with E-state index in [-0.39, 0.29) is 43.6 Å². The normalized spacial score (nSPS) is 12.8. The van der Waals surface area contributed by atoms with E-state index in [1.54, 1.807) is 6.07 Å². The molecule has 230 valence electrons. The van der Waals surface area contributed by atoms with Crippen molar-refractivity contribution in [3.05, 3.63) is 101 Å². The van der Waals surface area contributed by atoms with Crippen molar-refractivity contribution in [2.45, 2.75) is 78.2 Å². The number of carbonyl (C=O) groups excluding carboxylic acids is 1. The number of aliphatic hydroxyl groups is 1. The molecule has 3 rings (SSSR count). The Hall–Kier alpha value is -2.80. The van der Waals surface area contributed by atoms with Gasteiger partial charge < -0.3 is 28.7 Å². The quantitative estimate of drug-likeness (QED) is 0.110. The molecule has 9 heteroatoms. The summed E-state index contributed by atoms with van der Waals surface area (Å²) < 4.78 is 23.3. The minimum atomic E-state index is -0.418. The van der Waals surface area contributed by atoms with Gasteiger partial charge >= 0.3 is 5.97 Å². The van der Waals surface area contributed by atoms with Gasteiger partial charge in [0.05, 0.1) is 19.3 Å². The molecule has 4 radical (unpaired) electrons. The first kappa shape index (κ1) is 34.7. The second-order valence-electron chi connectivity index (χ2n) is 11.8. The van der Waals surface area contributed by atoms with E-state index in [9.17, 15) is 9.90 Å². The van der Waals surface area contributed by atoms with E-state index in [0.717, 1.165) is 22.3 Å². The zero-order valence-electron chi connectivity index (χ0n) is 26.4. The molecular formula is C34H45NO6Si2. The molecule has 7 nitrogen and oxygen atoms in total. The highest BCUT2D eigenvalue weighted by molar-refractivity contribution is 6.26. The second-order valence-corrected chi connectivity index (χ2v) is 13.1. The smallest absolute Gasteiger partial charge is 0.337 e. The lowest BCUT2D eigenvalue weighted by Gasteiger charge is -2.42. The number of esters is 1. The third-order valence-corrected chi connectivity index (χ3v) is 8.53. The number of aliphatic hydroxyl groups excluding tert-OH is 1. The predicted molar refractivity (Wildman–Crippen MR) is 172 cm³/mol. The Morgan fingerprint density at radius 2 is 1.58 bits per heavy atom. The van der Waals surface area contributed by atoms with Crippen LogP contribution in [0.4, 0.5) is 0 Å². The molecule has 0 unspecified atom stereocenters. The summed E-state index contributed by atoms with van der Waals surface area (Å²) in [6, 6.07) is 23.6. The van der Waals surface area contributed by atoms with Crippen molar-refractivity contribution < 1.29 is 28.2 Å². The Kier molecular flexibility index (Phi) is 13.2. The van der Waals surface area contributed by atoms with Crippen molar-refractivity contribution in [3.8, 4) is 5.75 Å². The summed E-state index contributed by atoms with van der Waals surface area (Å²) in [4.78, 5) is 12.1. The van der Waals surface area contributed by atoms with Gasteiger partial charge in [-0.15, -0.1) is 0 Å². The summed E-state index contributed by atoms with van der Waals surface area (Å²) in [5.74, 6) is 0.295. The third kappa shape index (κ3) is 9.85. The molecule has 43 heavy (non-hydrogen) atoms. The van der Waals surface area contributed by atoms with Crippen LogP contribution in [-0.4, -0.2) is 56.1 Å². The maximum Gasteiger partial charge on any atom is 0.337 e. The molecule has 0 aliphatic heterocycles. The Balaban J connectivity index is 1.89. The van der Waals surface area contributed by atoms with Crippen molar-refractivity contribution in [3.63, 3.8) is 0 Å². The van der Waals surface area contributed by atoms with Crippen LogP contribution >= 0.6 is 0 Å². The van der Waals surface area contributed by atoms with E-state index in [2.05, 4.69) is 39.1 Å². The minimum Gasteiger partial charge on any atom is -0.489 e. The number of benzene rings is 3. The Labute approximate surface area is 262 Å². The molecule has 0 fully saturated rings. The Bertz CT molecular complexity index is 1300. The first-order chi connectivity index (χ1) is 20.5. The summed E-state index contributed by atoms with van der Waals surface area (Å²) >= 11 is 0. The summed E-state index contributed by atoms with van der Waals surface area (Å²) in [6.07, 6.45) is 0.305. The molecule has 0 aliphatic rings. The highest BCUT2D eigenvalue weighted by Gasteiger charge is 2.40. The monoisotopic (exact) mass is 619 g/mol. The van der Waals surface area contributed by atoms with Crippen LogP contribution in [0.2, 0.25) is 13.1 Å². The average molecular weight is 620 g/mol. The first-order valence-electron chi connectivity index (χ1n) is 14.5. The molecule has 0 saturated heterocycles. The number of hydrogen-bond donors (Lipinski definition) is 2. The van der Waals surface area contributed by atoms with Crippen molar-refractivity contribution in [2.24, 2.45) is 5.41 Å². The van der Waals surface area contributed by atoms with E-state index in [1.165, 1.54) is 7.11 Å². The van der Waals surface area contributed by atoms with Gasteiger partial charge in [-0.05, 0) is 74.3 Å². The highest BCUT2D eigenvalue weighted by atomic mass is 28.2. The summed E-state index contributed by atoms with van der Waals surface area (Å²) in [5.41, 5.74) is 3.74. The predicted octanol–water partition coefficient (Wildman–Crippen LogP) is 5.96. The fourth-order valence-corrected chi connectivity index (χ4v) is 6.44. The minimum absolute atomic E-state index is 0.0284. The van der Waals surface area contributed by atoms with Crippen molar-refractivity contribution in [1.29, 1.82) is 0 Å². The van der Waals surface area contributed by atoms with Gasteiger partial charge in [-0.3, -0.25) is 0 Å². The van der Waals surface area contributed by atoms with Crippen molar-refractivity contribution in [2.75, 3.05) is 13.7 Å². The lowest BCUT2D eigenvalue weighted by atomic mass is 9.73. The lowest BCUT2D eigenvalue weighted by Crippen LogP contribution is -2.49.